The lowest BCUT2D eigenvalue weighted by atomic mass is 9.76. The third-order valence-electron chi connectivity index (χ3n) is 4.54. The number of phenols is 1. The van der Waals surface area contributed by atoms with E-state index >= 15 is 0 Å². The number of para-hydroxylation sites is 1. The minimum atomic E-state index is -0.164. The van der Waals surface area contributed by atoms with Gasteiger partial charge in [-0.15, -0.1) is 0 Å². The number of ether oxygens (including phenoxy) is 1. The second-order valence-corrected chi connectivity index (χ2v) is 6.51. The topological polar surface area (TPSA) is 29.5 Å². The average molecular weight is 284 g/mol. The van der Waals surface area contributed by atoms with E-state index in [1.807, 2.05) is 24.3 Å². The van der Waals surface area contributed by atoms with E-state index in [9.17, 15) is 5.11 Å². The molecule has 0 aliphatic carbocycles. The molecule has 0 saturated carbocycles. The number of quaternary nitrogens is 1. The highest BCUT2D eigenvalue weighted by molar-refractivity contribution is 5.47. The first-order valence-corrected chi connectivity index (χ1v) is 7.28. The number of hydrogen-bond donors (Lipinski definition) is 1. The maximum absolute atomic E-state index is 9.61. The van der Waals surface area contributed by atoms with Crippen molar-refractivity contribution in [1.29, 1.82) is 0 Å². The molecule has 1 N–H and O–H groups in total. The Balaban J connectivity index is 2.28. The van der Waals surface area contributed by atoms with Crippen LogP contribution in [0.1, 0.15) is 17.5 Å². The molecular formula is C18H22NO2+. The number of fused-ring (bicyclic) bond motifs is 1. The Hall–Kier alpha value is -2.00. The van der Waals surface area contributed by atoms with Crippen molar-refractivity contribution in [2.24, 2.45) is 0 Å². The van der Waals surface area contributed by atoms with Gasteiger partial charge in [-0.1, -0.05) is 12.1 Å². The molecule has 1 heterocycles. The number of nitrogens with zero attached hydrogens (tertiary/aromatic N) is 1. The molecular weight excluding hydrogens is 262 g/mol. The van der Waals surface area contributed by atoms with Crippen LogP contribution >= 0.6 is 0 Å². The summed E-state index contributed by atoms with van der Waals surface area (Å²) in [6.07, 6.45) is 0.915. The zero-order valence-electron chi connectivity index (χ0n) is 12.8. The largest absolute Gasteiger partial charge is 0.508 e. The first-order chi connectivity index (χ1) is 9.95. The van der Waals surface area contributed by atoms with Gasteiger partial charge in [-0.2, -0.15) is 0 Å². The van der Waals surface area contributed by atoms with Crippen LogP contribution in [-0.2, 0) is 5.54 Å². The third-order valence-corrected chi connectivity index (χ3v) is 4.54. The summed E-state index contributed by atoms with van der Waals surface area (Å²) in [6, 6.07) is 15.9. The Morgan fingerprint density at radius 2 is 1.67 bits per heavy atom. The van der Waals surface area contributed by atoms with Gasteiger partial charge in [0.2, 0.25) is 0 Å². The highest BCUT2D eigenvalue weighted by Crippen LogP contribution is 2.47. The molecule has 3 rings (SSSR count). The fraction of sp³-hybridized carbons (Fsp3) is 0.333. The van der Waals surface area contributed by atoms with Crippen LogP contribution < -0.4 is 4.74 Å². The van der Waals surface area contributed by atoms with E-state index in [4.69, 9.17) is 4.74 Å². The molecule has 2 aromatic rings. The quantitative estimate of drug-likeness (QED) is 0.859. The molecule has 1 atom stereocenters. The van der Waals surface area contributed by atoms with Crippen molar-refractivity contribution < 1.29 is 14.3 Å². The first-order valence-electron chi connectivity index (χ1n) is 7.28. The predicted molar refractivity (Wildman–Crippen MR) is 83.5 cm³/mol. The molecule has 2 aromatic carbocycles. The van der Waals surface area contributed by atoms with Crippen molar-refractivity contribution in [3.63, 3.8) is 0 Å². The number of hydrogen-bond acceptors (Lipinski definition) is 2. The standard InChI is InChI=1S/C18H21NO2/c1-19(2,3)18(14-8-10-15(20)11-9-14)12-13-21-17-7-5-4-6-16(17)18/h4-11H,12-13H2,1-3H3/p+1. The van der Waals surface area contributed by atoms with Gasteiger partial charge in [0, 0.05) is 12.0 Å². The lowest BCUT2D eigenvalue weighted by molar-refractivity contribution is -0.926. The predicted octanol–water partition coefficient (Wildman–Crippen LogP) is 3.12. The normalized spacial score (nSPS) is 21.5. The average Bonchev–Trinajstić information content (AvgIpc) is 2.46. The molecule has 0 fully saturated rings. The van der Waals surface area contributed by atoms with Crippen LogP contribution in [0.15, 0.2) is 48.5 Å². The molecule has 21 heavy (non-hydrogen) atoms. The van der Waals surface area contributed by atoms with E-state index in [2.05, 4.69) is 33.3 Å². The van der Waals surface area contributed by atoms with Gasteiger partial charge in [0.05, 0.1) is 33.3 Å². The molecule has 0 bridgehead atoms. The van der Waals surface area contributed by atoms with E-state index in [1.54, 1.807) is 12.1 Å². The van der Waals surface area contributed by atoms with Gasteiger partial charge >= 0.3 is 0 Å². The smallest absolute Gasteiger partial charge is 0.157 e. The minimum Gasteiger partial charge on any atom is -0.508 e. The lowest BCUT2D eigenvalue weighted by Gasteiger charge is -2.49. The second kappa shape index (κ2) is 4.78. The van der Waals surface area contributed by atoms with Crippen LogP contribution in [0.4, 0.5) is 0 Å². The molecule has 0 amide bonds. The SMILES string of the molecule is C[N+](C)(C)C1(c2ccc(O)cc2)CCOc2ccccc21. The van der Waals surface area contributed by atoms with E-state index in [0.29, 0.717) is 12.4 Å². The van der Waals surface area contributed by atoms with Crippen molar-refractivity contribution in [2.75, 3.05) is 27.7 Å². The highest BCUT2D eigenvalue weighted by Gasteiger charge is 2.50. The van der Waals surface area contributed by atoms with Crippen LogP contribution in [0.5, 0.6) is 11.5 Å². The fourth-order valence-corrected chi connectivity index (χ4v) is 3.50. The summed E-state index contributed by atoms with van der Waals surface area (Å²) in [7, 11) is 6.65. The van der Waals surface area contributed by atoms with E-state index in [0.717, 1.165) is 16.7 Å². The van der Waals surface area contributed by atoms with Gasteiger partial charge in [-0.05, 0) is 36.4 Å². The summed E-state index contributed by atoms with van der Waals surface area (Å²) in [5.74, 6) is 1.26. The van der Waals surface area contributed by atoms with Gasteiger partial charge in [-0.3, -0.25) is 0 Å². The van der Waals surface area contributed by atoms with Gasteiger partial charge in [0.15, 0.2) is 5.54 Å². The first kappa shape index (κ1) is 14.0. The van der Waals surface area contributed by atoms with Gasteiger partial charge < -0.3 is 14.3 Å². The Bertz CT molecular complexity index is 643. The number of rotatable bonds is 2. The summed E-state index contributed by atoms with van der Waals surface area (Å²) < 4.78 is 6.64. The monoisotopic (exact) mass is 284 g/mol. The van der Waals surface area contributed by atoms with Crippen LogP contribution in [0.3, 0.4) is 0 Å². The molecule has 110 valence electrons. The van der Waals surface area contributed by atoms with Gasteiger partial charge in [0.1, 0.15) is 11.5 Å². The maximum atomic E-state index is 9.61. The zero-order valence-corrected chi connectivity index (χ0v) is 12.8. The number of aromatic hydroxyl groups is 1. The van der Waals surface area contributed by atoms with Gasteiger partial charge in [0.25, 0.3) is 0 Å². The maximum Gasteiger partial charge on any atom is 0.157 e. The van der Waals surface area contributed by atoms with Gasteiger partial charge in [-0.25, -0.2) is 0 Å². The summed E-state index contributed by atoms with van der Waals surface area (Å²) in [4.78, 5) is 0. The molecule has 3 heteroatoms. The molecule has 0 spiro atoms. The summed E-state index contributed by atoms with van der Waals surface area (Å²) in [5.41, 5.74) is 2.26. The van der Waals surface area contributed by atoms with E-state index in [-0.39, 0.29) is 5.54 Å². The highest BCUT2D eigenvalue weighted by atomic mass is 16.5. The minimum absolute atomic E-state index is 0.164. The van der Waals surface area contributed by atoms with Crippen molar-refractivity contribution >= 4 is 0 Å². The molecule has 1 unspecified atom stereocenters. The van der Waals surface area contributed by atoms with Crippen LogP contribution in [-0.4, -0.2) is 37.3 Å². The second-order valence-electron chi connectivity index (χ2n) is 6.51. The third kappa shape index (κ3) is 2.09. The Kier molecular flexibility index (Phi) is 3.18. The summed E-state index contributed by atoms with van der Waals surface area (Å²) in [6.45, 7) is 0.702. The van der Waals surface area contributed by atoms with Crippen molar-refractivity contribution in [1.82, 2.24) is 0 Å². The van der Waals surface area contributed by atoms with Crippen LogP contribution in [0.25, 0.3) is 0 Å². The Morgan fingerprint density at radius 3 is 2.33 bits per heavy atom. The zero-order chi connectivity index (χ0) is 15.1. The molecule has 1 aliphatic heterocycles. The van der Waals surface area contributed by atoms with Crippen molar-refractivity contribution in [2.45, 2.75) is 12.0 Å². The molecule has 0 radical (unpaired) electrons. The molecule has 3 nitrogen and oxygen atoms in total. The lowest BCUT2D eigenvalue weighted by Crippen LogP contribution is -2.57. The summed E-state index contributed by atoms with van der Waals surface area (Å²) in [5, 5.41) is 9.61. The number of benzene rings is 2. The fourth-order valence-electron chi connectivity index (χ4n) is 3.50. The molecule has 0 saturated heterocycles. The number of phenolic OH excluding ortho intramolecular Hbond substituents is 1. The van der Waals surface area contributed by atoms with Crippen molar-refractivity contribution in [3.05, 3.63) is 59.7 Å². The van der Waals surface area contributed by atoms with Crippen molar-refractivity contribution in [3.8, 4) is 11.5 Å². The van der Waals surface area contributed by atoms with E-state index < -0.39 is 0 Å². The molecule has 1 aliphatic rings. The Morgan fingerprint density at radius 1 is 1.00 bits per heavy atom. The molecule has 0 aromatic heterocycles. The summed E-state index contributed by atoms with van der Waals surface area (Å²) >= 11 is 0. The van der Waals surface area contributed by atoms with Crippen LogP contribution in [0.2, 0.25) is 0 Å². The van der Waals surface area contributed by atoms with E-state index in [1.165, 1.54) is 11.1 Å². The Labute approximate surface area is 126 Å². The van der Waals surface area contributed by atoms with Crippen LogP contribution in [0, 0.1) is 0 Å².